The molecule has 0 unspecified atom stereocenters. The molecule has 2 rings (SSSR count). The number of sulfonamides is 1. The van der Waals surface area contributed by atoms with E-state index in [1.807, 2.05) is 0 Å². The second-order valence-electron chi connectivity index (χ2n) is 6.07. The first kappa shape index (κ1) is 15.2. The molecule has 0 aromatic rings. The second kappa shape index (κ2) is 6.52. The molecule has 1 saturated heterocycles. The summed E-state index contributed by atoms with van der Waals surface area (Å²) in [6, 6.07) is 0. The first-order valence-corrected chi connectivity index (χ1v) is 8.91. The summed E-state index contributed by atoms with van der Waals surface area (Å²) in [6.45, 7) is 2.59. The first-order chi connectivity index (χ1) is 8.97. The minimum absolute atomic E-state index is 0.212. The molecule has 6 heteroatoms. The minimum atomic E-state index is -3.12. The lowest BCUT2D eigenvalue weighted by atomic mass is 9.82. The quantitative estimate of drug-likeness (QED) is 0.743. The van der Waals surface area contributed by atoms with Gasteiger partial charge in [-0.1, -0.05) is 0 Å². The summed E-state index contributed by atoms with van der Waals surface area (Å²) in [6.07, 6.45) is 4.24. The molecule has 0 spiro atoms. The predicted octanol–water partition coefficient (Wildman–Crippen LogP) is 0.409. The van der Waals surface area contributed by atoms with Gasteiger partial charge in [-0.05, 0) is 57.0 Å². The Bertz CT molecular complexity index is 373. The van der Waals surface area contributed by atoms with Gasteiger partial charge in [0.1, 0.15) is 0 Å². The molecule has 0 aromatic carbocycles. The van der Waals surface area contributed by atoms with E-state index in [-0.39, 0.29) is 11.9 Å². The molecule has 112 valence electrons. The van der Waals surface area contributed by atoms with Crippen molar-refractivity contribution in [3.05, 3.63) is 0 Å². The van der Waals surface area contributed by atoms with Crippen LogP contribution in [0.3, 0.4) is 0 Å². The molecule has 1 aliphatic heterocycles. The maximum Gasteiger partial charge on any atom is 0.213 e. The van der Waals surface area contributed by atoms with E-state index in [1.165, 1.54) is 4.31 Å². The number of aliphatic hydroxyl groups is 1. The van der Waals surface area contributed by atoms with E-state index in [4.69, 9.17) is 0 Å². The summed E-state index contributed by atoms with van der Waals surface area (Å²) >= 11 is 0. The monoisotopic (exact) mass is 290 g/mol. The van der Waals surface area contributed by atoms with Crippen molar-refractivity contribution in [2.75, 3.05) is 32.4 Å². The third-order valence-corrected chi connectivity index (χ3v) is 6.29. The number of aliphatic hydroxyl groups excluding tert-OH is 1. The normalized spacial score (nSPS) is 29.4. The van der Waals surface area contributed by atoms with E-state index in [2.05, 4.69) is 5.32 Å². The maximum absolute atomic E-state index is 12.2. The molecule has 0 bridgehead atoms. The Morgan fingerprint density at radius 3 is 2.42 bits per heavy atom. The highest BCUT2D eigenvalue weighted by molar-refractivity contribution is 7.89. The van der Waals surface area contributed by atoms with E-state index in [1.54, 1.807) is 7.05 Å². The highest BCUT2D eigenvalue weighted by Gasteiger charge is 2.31. The van der Waals surface area contributed by atoms with E-state index in [0.717, 1.165) is 45.2 Å². The lowest BCUT2D eigenvalue weighted by molar-refractivity contribution is 0.0367. The third kappa shape index (κ3) is 4.41. The van der Waals surface area contributed by atoms with Crippen LogP contribution in [-0.2, 0) is 10.0 Å². The van der Waals surface area contributed by atoms with Gasteiger partial charge in [0.25, 0.3) is 0 Å². The Kier molecular flexibility index (Phi) is 5.22. The summed E-state index contributed by atoms with van der Waals surface area (Å²) in [7, 11) is -1.45. The Hall–Kier alpha value is -0.170. The van der Waals surface area contributed by atoms with Crippen molar-refractivity contribution in [1.82, 2.24) is 9.62 Å². The van der Waals surface area contributed by atoms with Gasteiger partial charge in [-0.2, -0.15) is 0 Å². The van der Waals surface area contributed by atoms with Crippen molar-refractivity contribution >= 4 is 10.0 Å². The fourth-order valence-electron chi connectivity index (χ4n) is 2.97. The van der Waals surface area contributed by atoms with Crippen molar-refractivity contribution in [3.63, 3.8) is 0 Å². The van der Waals surface area contributed by atoms with Crippen LogP contribution in [0.4, 0.5) is 0 Å². The Morgan fingerprint density at radius 2 is 1.84 bits per heavy atom. The molecule has 5 nitrogen and oxygen atoms in total. The van der Waals surface area contributed by atoms with E-state index in [9.17, 15) is 13.5 Å². The lowest BCUT2D eigenvalue weighted by Crippen LogP contribution is -2.40. The highest BCUT2D eigenvalue weighted by Crippen LogP contribution is 2.28. The summed E-state index contributed by atoms with van der Waals surface area (Å²) in [5.41, 5.74) is 0. The smallest absolute Gasteiger partial charge is 0.213 e. The van der Waals surface area contributed by atoms with Crippen LogP contribution in [0.1, 0.15) is 32.1 Å². The second-order valence-corrected chi connectivity index (χ2v) is 8.27. The highest BCUT2D eigenvalue weighted by atomic mass is 32.2. The third-order valence-electron chi connectivity index (χ3n) is 4.44. The van der Waals surface area contributed by atoms with Crippen LogP contribution in [0.5, 0.6) is 0 Å². The summed E-state index contributed by atoms with van der Waals surface area (Å²) in [5, 5.41) is 12.5. The molecule has 2 fully saturated rings. The van der Waals surface area contributed by atoms with Gasteiger partial charge in [0.2, 0.25) is 10.0 Å². The van der Waals surface area contributed by atoms with Gasteiger partial charge in [-0.3, -0.25) is 0 Å². The fourth-order valence-corrected chi connectivity index (χ4v) is 4.35. The Labute approximate surface area is 116 Å². The molecule has 2 aliphatic rings. The largest absolute Gasteiger partial charge is 0.393 e. The standard InChI is InChI=1S/C13H26N2O3S/c1-15(10-12-8-13(16)9-12)19(17,18)7-4-11-2-5-14-6-3-11/h11-14,16H,2-10H2,1H3. The van der Waals surface area contributed by atoms with Gasteiger partial charge >= 0.3 is 0 Å². The van der Waals surface area contributed by atoms with Crippen LogP contribution in [0, 0.1) is 11.8 Å². The number of piperidine rings is 1. The number of nitrogens with zero attached hydrogens (tertiary/aromatic N) is 1. The first-order valence-electron chi connectivity index (χ1n) is 7.30. The number of hydrogen-bond donors (Lipinski definition) is 2. The van der Waals surface area contributed by atoms with Gasteiger partial charge in [0.15, 0.2) is 0 Å². The summed E-state index contributed by atoms with van der Waals surface area (Å²) < 4.78 is 25.8. The van der Waals surface area contributed by atoms with Gasteiger partial charge in [0.05, 0.1) is 11.9 Å². The van der Waals surface area contributed by atoms with Gasteiger partial charge in [-0.15, -0.1) is 0 Å². The van der Waals surface area contributed by atoms with Crippen LogP contribution >= 0.6 is 0 Å². The minimum Gasteiger partial charge on any atom is -0.393 e. The molecule has 0 atom stereocenters. The number of rotatable bonds is 6. The molecular formula is C13H26N2O3S. The Balaban J connectivity index is 1.73. The van der Waals surface area contributed by atoms with Gasteiger partial charge in [0, 0.05) is 13.6 Å². The molecular weight excluding hydrogens is 264 g/mol. The van der Waals surface area contributed by atoms with Crippen molar-refractivity contribution < 1.29 is 13.5 Å². The average molecular weight is 290 g/mol. The zero-order chi connectivity index (χ0) is 13.9. The Morgan fingerprint density at radius 1 is 1.21 bits per heavy atom. The van der Waals surface area contributed by atoms with E-state index < -0.39 is 10.0 Å². The van der Waals surface area contributed by atoms with Crippen LogP contribution in [0.15, 0.2) is 0 Å². The summed E-state index contributed by atoms with van der Waals surface area (Å²) in [5.74, 6) is 1.16. The molecule has 0 aromatic heterocycles. The zero-order valence-corrected chi connectivity index (χ0v) is 12.5. The van der Waals surface area contributed by atoms with Crippen molar-refractivity contribution in [2.45, 2.75) is 38.2 Å². The topological polar surface area (TPSA) is 69.6 Å². The molecule has 2 N–H and O–H groups in total. The molecule has 1 aliphatic carbocycles. The van der Waals surface area contributed by atoms with Gasteiger partial charge < -0.3 is 10.4 Å². The van der Waals surface area contributed by atoms with Crippen molar-refractivity contribution in [3.8, 4) is 0 Å². The summed E-state index contributed by atoms with van der Waals surface area (Å²) in [4.78, 5) is 0. The van der Waals surface area contributed by atoms with E-state index >= 15 is 0 Å². The molecule has 0 radical (unpaired) electrons. The number of hydrogen-bond acceptors (Lipinski definition) is 4. The van der Waals surface area contributed by atoms with Crippen LogP contribution < -0.4 is 5.32 Å². The van der Waals surface area contributed by atoms with Crippen LogP contribution in [-0.4, -0.2) is 56.4 Å². The predicted molar refractivity (Wildman–Crippen MR) is 75.4 cm³/mol. The molecule has 1 saturated carbocycles. The molecule has 19 heavy (non-hydrogen) atoms. The molecule has 1 heterocycles. The lowest BCUT2D eigenvalue weighted by Gasteiger charge is -2.34. The number of nitrogens with one attached hydrogen (secondary N) is 1. The van der Waals surface area contributed by atoms with Crippen molar-refractivity contribution in [1.29, 1.82) is 0 Å². The van der Waals surface area contributed by atoms with Gasteiger partial charge in [-0.25, -0.2) is 12.7 Å². The van der Waals surface area contributed by atoms with E-state index in [0.29, 0.717) is 18.4 Å². The molecule has 0 amide bonds. The fraction of sp³-hybridized carbons (Fsp3) is 1.00. The van der Waals surface area contributed by atoms with Crippen LogP contribution in [0.2, 0.25) is 0 Å². The van der Waals surface area contributed by atoms with Crippen LogP contribution in [0.25, 0.3) is 0 Å². The maximum atomic E-state index is 12.2. The average Bonchev–Trinajstić information content (AvgIpc) is 2.36. The SMILES string of the molecule is CN(CC1CC(O)C1)S(=O)(=O)CCC1CCNCC1. The zero-order valence-electron chi connectivity index (χ0n) is 11.7. The van der Waals surface area contributed by atoms with Crippen molar-refractivity contribution in [2.24, 2.45) is 11.8 Å².